The van der Waals surface area contributed by atoms with Gasteiger partial charge in [0.05, 0.1) is 17.0 Å². The molecule has 0 aliphatic carbocycles. The molecule has 0 aromatic heterocycles. The van der Waals surface area contributed by atoms with Crippen molar-refractivity contribution in [3.05, 3.63) is 57.6 Å². The highest BCUT2D eigenvalue weighted by Crippen LogP contribution is 2.33. The summed E-state index contributed by atoms with van der Waals surface area (Å²) in [5.41, 5.74) is 2.77. The summed E-state index contributed by atoms with van der Waals surface area (Å²) in [7, 11) is -3.79. The van der Waals surface area contributed by atoms with Crippen LogP contribution in [0.3, 0.4) is 0 Å². The quantitative estimate of drug-likeness (QED) is 0.718. The van der Waals surface area contributed by atoms with Gasteiger partial charge in [-0.2, -0.15) is 0 Å². The van der Waals surface area contributed by atoms with Gasteiger partial charge in [0.1, 0.15) is 6.04 Å². The molecule has 0 fully saturated rings. The lowest BCUT2D eigenvalue weighted by atomic mass is 10.1. The van der Waals surface area contributed by atoms with Crippen LogP contribution in [0.1, 0.15) is 24.5 Å². The van der Waals surface area contributed by atoms with Gasteiger partial charge in [-0.15, -0.1) is 0 Å². The summed E-state index contributed by atoms with van der Waals surface area (Å²) in [6.07, 6.45) is 1.30. The fourth-order valence-corrected chi connectivity index (χ4v) is 4.43. The summed E-state index contributed by atoms with van der Waals surface area (Å²) in [4.78, 5) is 13.0. The minimum atomic E-state index is -3.79. The Morgan fingerprint density at radius 1 is 1.19 bits per heavy atom. The van der Waals surface area contributed by atoms with E-state index in [1.807, 2.05) is 26.0 Å². The zero-order chi connectivity index (χ0) is 20.4. The molecule has 0 bridgehead atoms. The lowest BCUT2D eigenvalue weighted by Gasteiger charge is -2.31. The van der Waals surface area contributed by atoms with Gasteiger partial charge in [0.25, 0.3) is 0 Å². The highest BCUT2D eigenvalue weighted by molar-refractivity contribution is 7.92. The van der Waals surface area contributed by atoms with E-state index in [1.54, 1.807) is 19.1 Å². The molecule has 0 saturated heterocycles. The molecule has 2 aromatic rings. The van der Waals surface area contributed by atoms with E-state index in [2.05, 4.69) is 5.32 Å². The van der Waals surface area contributed by atoms with Gasteiger partial charge in [-0.3, -0.25) is 9.10 Å². The maximum atomic E-state index is 13.0. The van der Waals surface area contributed by atoms with Crippen molar-refractivity contribution in [2.75, 3.05) is 15.9 Å². The van der Waals surface area contributed by atoms with Gasteiger partial charge >= 0.3 is 0 Å². The standard InChI is InChI=1S/C19H22Cl2N2O3S/c1-5-17(19(24)22-16-8-6-7-12(2)13(16)3)23(27(4,25)26)18-11-14(20)9-10-15(18)21/h6-11,17H,5H2,1-4H3,(H,22,24)/t17-/m0/s1. The molecular weight excluding hydrogens is 407 g/mol. The summed E-state index contributed by atoms with van der Waals surface area (Å²) < 4.78 is 26.1. The number of benzene rings is 2. The van der Waals surface area contributed by atoms with Crippen LogP contribution in [-0.2, 0) is 14.8 Å². The first-order chi connectivity index (χ1) is 12.6. The number of anilines is 2. The number of aryl methyl sites for hydroxylation is 1. The Kier molecular flexibility index (Phi) is 6.78. The molecule has 2 rings (SSSR count). The molecule has 0 unspecified atom stereocenters. The van der Waals surface area contributed by atoms with Gasteiger partial charge in [-0.25, -0.2) is 8.42 Å². The monoisotopic (exact) mass is 428 g/mol. The van der Waals surface area contributed by atoms with Gasteiger partial charge in [0.2, 0.25) is 15.9 Å². The Labute approximate surface area is 170 Å². The first-order valence-electron chi connectivity index (χ1n) is 8.37. The van der Waals surface area contributed by atoms with Crippen LogP contribution in [0.2, 0.25) is 10.0 Å². The predicted octanol–water partition coefficient (Wildman–Crippen LogP) is 4.79. The predicted molar refractivity (Wildman–Crippen MR) is 112 cm³/mol. The third-order valence-corrected chi connectivity index (χ3v) is 6.06. The normalized spacial score (nSPS) is 12.5. The number of carbonyl (C=O) groups is 1. The van der Waals surface area contributed by atoms with Gasteiger partial charge in [0.15, 0.2) is 0 Å². The highest BCUT2D eigenvalue weighted by Gasteiger charge is 2.33. The molecule has 1 atom stereocenters. The average molecular weight is 429 g/mol. The van der Waals surface area contributed by atoms with Crippen LogP contribution in [-0.4, -0.2) is 26.6 Å². The Balaban J connectivity index is 2.48. The van der Waals surface area contributed by atoms with Crippen molar-refractivity contribution in [3.8, 4) is 0 Å². The maximum Gasteiger partial charge on any atom is 0.248 e. The summed E-state index contributed by atoms with van der Waals surface area (Å²) >= 11 is 12.2. The van der Waals surface area contributed by atoms with Crippen molar-refractivity contribution in [1.29, 1.82) is 0 Å². The highest BCUT2D eigenvalue weighted by atomic mass is 35.5. The SMILES string of the molecule is CC[C@@H](C(=O)Nc1cccc(C)c1C)N(c1cc(Cl)ccc1Cl)S(C)(=O)=O. The fourth-order valence-electron chi connectivity index (χ4n) is 2.79. The smallest absolute Gasteiger partial charge is 0.248 e. The van der Waals surface area contributed by atoms with E-state index in [0.29, 0.717) is 10.7 Å². The van der Waals surface area contributed by atoms with Crippen LogP contribution in [0, 0.1) is 13.8 Å². The number of nitrogens with one attached hydrogen (secondary N) is 1. The van der Waals surface area contributed by atoms with Crippen LogP contribution in [0.25, 0.3) is 0 Å². The van der Waals surface area contributed by atoms with Crippen LogP contribution < -0.4 is 9.62 Å². The molecule has 0 radical (unpaired) electrons. The van der Waals surface area contributed by atoms with Crippen LogP contribution >= 0.6 is 23.2 Å². The molecule has 27 heavy (non-hydrogen) atoms. The summed E-state index contributed by atoms with van der Waals surface area (Å²) in [6.45, 7) is 5.58. The number of nitrogens with zero attached hydrogens (tertiary/aromatic N) is 1. The van der Waals surface area contributed by atoms with E-state index < -0.39 is 22.0 Å². The Hall–Kier alpha value is -1.76. The lowest BCUT2D eigenvalue weighted by molar-refractivity contribution is -0.117. The van der Waals surface area contributed by atoms with Crippen LogP contribution in [0.4, 0.5) is 11.4 Å². The van der Waals surface area contributed by atoms with Crippen molar-refractivity contribution in [3.63, 3.8) is 0 Å². The second-order valence-corrected chi connectivity index (χ2v) is 9.02. The average Bonchev–Trinajstić information content (AvgIpc) is 2.58. The van der Waals surface area contributed by atoms with Gasteiger partial charge < -0.3 is 5.32 Å². The molecular formula is C19H22Cl2N2O3S. The molecule has 5 nitrogen and oxygen atoms in total. The van der Waals surface area contributed by atoms with E-state index in [-0.39, 0.29) is 17.1 Å². The molecule has 8 heteroatoms. The van der Waals surface area contributed by atoms with E-state index in [1.165, 1.54) is 12.1 Å². The van der Waals surface area contributed by atoms with Crippen molar-refractivity contribution in [1.82, 2.24) is 0 Å². The first-order valence-corrected chi connectivity index (χ1v) is 11.0. The number of hydrogen-bond acceptors (Lipinski definition) is 3. The van der Waals surface area contributed by atoms with Crippen molar-refractivity contribution in [2.45, 2.75) is 33.2 Å². The van der Waals surface area contributed by atoms with Gasteiger partial charge in [0, 0.05) is 10.7 Å². The maximum absolute atomic E-state index is 13.0. The molecule has 1 N–H and O–H groups in total. The molecule has 0 saturated carbocycles. The third-order valence-electron chi connectivity index (χ3n) is 4.34. The molecule has 0 heterocycles. The zero-order valence-electron chi connectivity index (χ0n) is 15.6. The van der Waals surface area contributed by atoms with Crippen molar-refractivity contribution in [2.24, 2.45) is 0 Å². The number of halogens is 2. The van der Waals surface area contributed by atoms with E-state index >= 15 is 0 Å². The Morgan fingerprint density at radius 3 is 2.44 bits per heavy atom. The topological polar surface area (TPSA) is 66.5 Å². The number of carbonyl (C=O) groups excluding carboxylic acids is 1. The second kappa shape index (κ2) is 8.50. The largest absolute Gasteiger partial charge is 0.324 e. The van der Waals surface area contributed by atoms with Crippen molar-refractivity contribution >= 4 is 50.5 Å². The van der Waals surface area contributed by atoms with E-state index in [4.69, 9.17) is 23.2 Å². The summed E-state index contributed by atoms with van der Waals surface area (Å²) in [5, 5.41) is 3.36. The molecule has 1 amide bonds. The molecule has 0 aliphatic heterocycles. The minimum absolute atomic E-state index is 0.176. The fraction of sp³-hybridized carbons (Fsp3) is 0.316. The van der Waals surface area contributed by atoms with E-state index in [9.17, 15) is 13.2 Å². The molecule has 0 aliphatic rings. The van der Waals surface area contributed by atoms with E-state index in [0.717, 1.165) is 21.7 Å². The summed E-state index contributed by atoms with van der Waals surface area (Å²) in [5.74, 6) is -0.437. The third kappa shape index (κ3) is 4.94. The molecule has 0 spiro atoms. The first kappa shape index (κ1) is 21.5. The Morgan fingerprint density at radius 2 is 1.85 bits per heavy atom. The van der Waals surface area contributed by atoms with Crippen molar-refractivity contribution < 1.29 is 13.2 Å². The number of sulfonamides is 1. The second-order valence-electron chi connectivity index (χ2n) is 6.32. The van der Waals surface area contributed by atoms with Gasteiger partial charge in [-0.05, 0) is 55.7 Å². The molecule has 146 valence electrons. The minimum Gasteiger partial charge on any atom is -0.324 e. The Bertz CT molecular complexity index is 961. The van der Waals surface area contributed by atoms with Crippen LogP contribution in [0.15, 0.2) is 36.4 Å². The number of amides is 1. The summed E-state index contributed by atoms with van der Waals surface area (Å²) in [6, 6.07) is 9.09. The van der Waals surface area contributed by atoms with Gasteiger partial charge in [-0.1, -0.05) is 42.3 Å². The number of hydrogen-bond donors (Lipinski definition) is 1. The molecule has 2 aromatic carbocycles. The van der Waals surface area contributed by atoms with Crippen LogP contribution in [0.5, 0.6) is 0 Å². The zero-order valence-corrected chi connectivity index (χ0v) is 17.9. The lowest BCUT2D eigenvalue weighted by Crippen LogP contribution is -2.47. The number of rotatable bonds is 6.